The van der Waals surface area contributed by atoms with Crippen LogP contribution in [0.2, 0.25) is 10.0 Å². The normalized spacial score (nSPS) is 10.7. The highest BCUT2D eigenvalue weighted by atomic mass is 35.5. The van der Waals surface area contributed by atoms with Crippen LogP contribution in [0, 0.1) is 0 Å². The number of anilines is 1. The van der Waals surface area contributed by atoms with Gasteiger partial charge in [-0.15, -0.1) is 0 Å². The molecule has 1 heterocycles. The number of nitrogens with one attached hydrogen (secondary N) is 1. The number of hydrogen-bond acceptors (Lipinski definition) is 4. The van der Waals surface area contributed by atoms with E-state index in [1.54, 1.807) is 7.11 Å². The van der Waals surface area contributed by atoms with E-state index in [4.69, 9.17) is 27.9 Å². The van der Waals surface area contributed by atoms with Crippen LogP contribution >= 0.6 is 23.2 Å². The maximum absolute atomic E-state index is 6.20. The Hall–Kier alpha value is -1.36. The largest absolute Gasteiger partial charge is 0.378 e. The van der Waals surface area contributed by atoms with Gasteiger partial charge in [0, 0.05) is 36.2 Å². The molecular formula is C15H17Cl2N3O. The molecule has 0 aliphatic heterocycles. The van der Waals surface area contributed by atoms with Crippen molar-refractivity contribution in [3.05, 3.63) is 51.4 Å². The average Bonchev–Trinajstić information content (AvgIpc) is 2.44. The van der Waals surface area contributed by atoms with Gasteiger partial charge in [0.25, 0.3) is 0 Å². The quantitative estimate of drug-likeness (QED) is 0.873. The van der Waals surface area contributed by atoms with Gasteiger partial charge < -0.3 is 10.1 Å². The number of benzene rings is 1. The Labute approximate surface area is 134 Å². The maximum Gasteiger partial charge on any atom is 0.135 e. The highest BCUT2D eigenvalue weighted by Crippen LogP contribution is 2.26. The molecule has 0 atom stereocenters. The van der Waals surface area contributed by atoms with E-state index in [0.717, 1.165) is 23.6 Å². The predicted octanol–water partition coefficient (Wildman–Crippen LogP) is 3.95. The van der Waals surface area contributed by atoms with Crippen LogP contribution in [-0.4, -0.2) is 23.6 Å². The van der Waals surface area contributed by atoms with Gasteiger partial charge in [0.1, 0.15) is 11.6 Å². The average molecular weight is 326 g/mol. The van der Waals surface area contributed by atoms with E-state index in [-0.39, 0.29) is 0 Å². The minimum Gasteiger partial charge on any atom is -0.378 e. The molecule has 0 fully saturated rings. The molecule has 112 valence electrons. The molecule has 21 heavy (non-hydrogen) atoms. The number of aromatic nitrogens is 2. The highest BCUT2D eigenvalue weighted by molar-refractivity contribution is 6.36. The lowest BCUT2D eigenvalue weighted by molar-refractivity contribution is 0.181. The third-order valence-corrected chi connectivity index (χ3v) is 3.58. The van der Waals surface area contributed by atoms with Crippen molar-refractivity contribution in [1.82, 2.24) is 9.97 Å². The molecule has 1 aromatic carbocycles. The minimum atomic E-state index is 0.435. The van der Waals surface area contributed by atoms with Crippen molar-refractivity contribution in [2.24, 2.45) is 0 Å². The van der Waals surface area contributed by atoms with Crippen LogP contribution in [0.4, 0.5) is 5.82 Å². The van der Waals surface area contributed by atoms with Gasteiger partial charge in [0.2, 0.25) is 0 Å². The summed E-state index contributed by atoms with van der Waals surface area (Å²) in [5.41, 5.74) is 1.65. The summed E-state index contributed by atoms with van der Waals surface area (Å²) >= 11 is 12.4. The standard InChI is InChI=1S/C15H17Cl2N3O/c1-3-18-14-7-10(9-21-2)19-15(20-14)8-11-12(16)5-4-6-13(11)17/h4-7H,3,8-9H2,1-2H3,(H,18,19,20). The van der Waals surface area contributed by atoms with Crippen LogP contribution in [0.25, 0.3) is 0 Å². The van der Waals surface area contributed by atoms with E-state index in [9.17, 15) is 0 Å². The van der Waals surface area contributed by atoms with Crippen molar-refractivity contribution in [3.63, 3.8) is 0 Å². The summed E-state index contributed by atoms with van der Waals surface area (Å²) in [6.45, 7) is 3.24. The fourth-order valence-corrected chi connectivity index (χ4v) is 2.52. The highest BCUT2D eigenvalue weighted by Gasteiger charge is 2.10. The summed E-state index contributed by atoms with van der Waals surface area (Å²) in [5, 5.41) is 4.43. The number of ether oxygens (including phenoxy) is 1. The monoisotopic (exact) mass is 325 g/mol. The first-order chi connectivity index (χ1) is 10.1. The van der Waals surface area contributed by atoms with Crippen LogP contribution in [0.5, 0.6) is 0 Å². The summed E-state index contributed by atoms with van der Waals surface area (Å²) in [7, 11) is 1.64. The van der Waals surface area contributed by atoms with Gasteiger partial charge in [-0.2, -0.15) is 0 Å². The molecule has 0 bridgehead atoms. The van der Waals surface area contributed by atoms with E-state index in [1.807, 2.05) is 31.2 Å². The summed E-state index contributed by atoms with van der Waals surface area (Å²) in [5.74, 6) is 1.44. The molecule has 0 aliphatic rings. The lowest BCUT2D eigenvalue weighted by Crippen LogP contribution is -2.07. The molecule has 0 radical (unpaired) electrons. The minimum absolute atomic E-state index is 0.435. The van der Waals surface area contributed by atoms with Gasteiger partial charge in [0.05, 0.1) is 12.3 Å². The lowest BCUT2D eigenvalue weighted by atomic mass is 10.1. The van der Waals surface area contributed by atoms with E-state index < -0.39 is 0 Å². The molecule has 0 amide bonds. The maximum atomic E-state index is 6.20. The van der Waals surface area contributed by atoms with Gasteiger partial charge in [-0.25, -0.2) is 9.97 Å². The second-order valence-corrected chi connectivity index (χ2v) is 5.32. The first-order valence-corrected chi connectivity index (χ1v) is 7.42. The number of methoxy groups -OCH3 is 1. The number of halogens is 2. The van der Waals surface area contributed by atoms with E-state index in [1.165, 1.54) is 0 Å². The molecule has 2 rings (SSSR count). The lowest BCUT2D eigenvalue weighted by Gasteiger charge is -2.10. The molecule has 6 heteroatoms. The molecular weight excluding hydrogens is 309 g/mol. The Morgan fingerprint density at radius 3 is 2.52 bits per heavy atom. The Balaban J connectivity index is 2.34. The second kappa shape index (κ2) is 7.59. The SMILES string of the molecule is CCNc1cc(COC)nc(Cc2c(Cl)cccc2Cl)n1. The summed E-state index contributed by atoms with van der Waals surface area (Å²) in [4.78, 5) is 8.98. The third kappa shape index (κ3) is 4.30. The fourth-order valence-electron chi connectivity index (χ4n) is 1.98. The Bertz CT molecular complexity index is 575. The predicted molar refractivity (Wildman–Crippen MR) is 86.2 cm³/mol. The molecule has 1 aromatic heterocycles. The van der Waals surface area contributed by atoms with Crippen molar-refractivity contribution in [2.45, 2.75) is 20.0 Å². The van der Waals surface area contributed by atoms with Crippen LogP contribution in [-0.2, 0) is 17.8 Å². The topological polar surface area (TPSA) is 47.0 Å². The van der Waals surface area contributed by atoms with Gasteiger partial charge in [-0.1, -0.05) is 29.3 Å². The van der Waals surface area contributed by atoms with Crippen molar-refractivity contribution in [1.29, 1.82) is 0 Å². The van der Waals surface area contributed by atoms with E-state index in [0.29, 0.717) is 28.9 Å². The molecule has 0 saturated heterocycles. The molecule has 0 unspecified atom stereocenters. The molecule has 0 saturated carbocycles. The Kier molecular flexibility index (Phi) is 5.79. The van der Waals surface area contributed by atoms with Gasteiger partial charge in [0.15, 0.2) is 0 Å². The molecule has 2 aromatic rings. The second-order valence-electron chi connectivity index (χ2n) is 4.50. The van der Waals surface area contributed by atoms with Crippen molar-refractivity contribution in [3.8, 4) is 0 Å². The summed E-state index contributed by atoms with van der Waals surface area (Å²) in [6, 6.07) is 7.32. The molecule has 4 nitrogen and oxygen atoms in total. The fraction of sp³-hybridized carbons (Fsp3) is 0.333. The smallest absolute Gasteiger partial charge is 0.135 e. The first kappa shape index (κ1) is 16.0. The molecule has 1 N–H and O–H groups in total. The van der Waals surface area contributed by atoms with Gasteiger partial charge in [-0.05, 0) is 24.6 Å². The number of nitrogens with zero attached hydrogens (tertiary/aromatic N) is 2. The van der Waals surface area contributed by atoms with Crippen molar-refractivity contribution >= 4 is 29.0 Å². The Morgan fingerprint density at radius 1 is 1.19 bits per heavy atom. The Morgan fingerprint density at radius 2 is 1.90 bits per heavy atom. The molecule has 0 spiro atoms. The van der Waals surface area contributed by atoms with Gasteiger partial charge in [-0.3, -0.25) is 0 Å². The van der Waals surface area contributed by atoms with E-state index in [2.05, 4.69) is 15.3 Å². The third-order valence-electron chi connectivity index (χ3n) is 2.87. The van der Waals surface area contributed by atoms with Crippen molar-refractivity contribution < 1.29 is 4.74 Å². The van der Waals surface area contributed by atoms with E-state index >= 15 is 0 Å². The summed E-state index contributed by atoms with van der Waals surface area (Å²) < 4.78 is 5.14. The zero-order valence-corrected chi connectivity index (χ0v) is 13.5. The zero-order valence-electron chi connectivity index (χ0n) is 12.0. The van der Waals surface area contributed by atoms with Gasteiger partial charge >= 0.3 is 0 Å². The van der Waals surface area contributed by atoms with Crippen LogP contribution in [0.3, 0.4) is 0 Å². The van der Waals surface area contributed by atoms with Crippen LogP contribution in [0.15, 0.2) is 24.3 Å². The number of hydrogen-bond donors (Lipinski definition) is 1. The first-order valence-electron chi connectivity index (χ1n) is 6.66. The summed E-state index contributed by atoms with van der Waals surface area (Å²) in [6.07, 6.45) is 0.481. The zero-order chi connectivity index (χ0) is 15.2. The van der Waals surface area contributed by atoms with Crippen LogP contribution in [0.1, 0.15) is 24.0 Å². The van der Waals surface area contributed by atoms with Crippen LogP contribution < -0.4 is 5.32 Å². The number of rotatable bonds is 6. The molecule has 0 aliphatic carbocycles. The van der Waals surface area contributed by atoms with Crippen molar-refractivity contribution in [2.75, 3.05) is 19.0 Å².